The van der Waals surface area contributed by atoms with E-state index in [4.69, 9.17) is 4.42 Å². The second-order valence-electron chi connectivity index (χ2n) is 9.34. The predicted octanol–water partition coefficient (Wildman–Crippen LogP) is 4.04. The molecule has 5 heteroatoms. The van der Waals surface area contributed by atoms with Crippen molar-refractivity contribution in [3.8, 4) is 0 Å². The Morgan fingerprint density at radius 3 is 2.14 bits per heavy atom. The third-order valence-electron chi connectivity index (χ3n) is 7.19. The average Bonchev–Trinajstić information content (AvgIpc) is 3.23. The molecule has 152 valence electrons. The number of hydrogen-bond donors (Lipinski definition) is 2. The van der Waals surface area contributed by atoms with Crippen LogP contribution in [-0.2, 0) is 17.9 Å². The highest BCUT2D eigenvalue weighted by molar-refractivity contribution is 5.94. The standard InChI is InChI=1S/C24H28N2O3/c27-22(25-15-21-2-1-7-29-21)20-5-3-16(4-6-20)14-26-23(28)24-11-17-8-18(12-24)10-19(9-17)13-24/h1-7,17-19H,8-15H2,(H,25,27)(H,26,28). The number of nitrogens with one attached hydrogen (secondary N) is 2. The highest BCUT2D eigenvalue weighted by Gasteiger charge is 2.54. The fourth-order valence-corrected chi connectivity index (χ4v) is 6.22. The summed E-state index contributed by atoms with van der Waals surface area (Å²) in [5.41, 5.74) is 1.51. The number of carbonyl (C=O) groups is 2. The first kappa shape index (κ1) is 18.5. The van der Waals surface area contributed by atoms with Crippen LogP contribution in [-0.4, -0.2) is 11.8 Å². The van der Waals surface area contributed by atoms with Gasteiger partial charge in [0.2, 0.25) is 5.91 Å². The topological polar surface area (TPSA) is 71.3 Å². The molecule has 2 amide bonds. The van der Waals surface area contributed by atoms with Gasteiger partial charge in [-0.15, -0.1) is 0 Å². The van der Waals surface area contributed by atoms with E-state index in [0.717, 1.165) is 48.3 Å². The zero-order valence-electron chi connectivity index (χ0n) is 16.7. The van der Waals surface area contributed by atoms with Gasteiger partial charge in [-0.3, -0.25) is 9.59 Å². The Kier molecular flexibility index (Phi) is 4.69. The molecule has 5 nitrogen and oxygen atoms in total. The molecule has 6 rings (SSSR count). The van der Waals surface area contributed by atoms with E-state index in [0.29, 0.717) is 18.7 Å². The fraction of sp³-hybridized carbons (Fsp3) is 0.500. The number of hydrogen-bond acceptors (Lipinski definition) is 3. The molecule has 1 aromatic heterocycles. The number of rotatable bonds is 6. The van der Waals surface area contributed by atoms with E-state index in [9.17, 15) is 9.59 Å². The molecule has 1 heterocycles. The van der Waals surface area contributed by atoms with Crippen molar-refractivity contribution >= 4 is 11.8 Å². The number of furan rings is 1. The van der Waals surface area contributed by atoms with Crippen LogP contribution in [0.2, 0.25) is 0 Å². The lowest BCUT2D eigenvalue weighted by Crippen LogP contribution is -2.53. The van der Waals surface area contributed by atoms with Crippen LogP contribution in [0.3, 0.4) is 0 Å². The molecule has 2 N–H and O–H groups in total. The summed E-state index contributed by atoms with van der Waals surface area (Å²) in [7, 11) is 0. The molecule has 0 saturated heterocycles. The summed E-state index contributed by atoms with van der Waals surface area (Å²) in [5.74, 6) is 3.15. The van der Waals surface area contributed by atoms with E-state index < -0.39 is 0 Å². The Labute approximate surface area is 171 Å². The summed E-state index contributed by atoms with van der Waals surface area (Å²) < 4.78 is 5.23. The highest BCUT2D eigenvalue weighted by atomic mass is 16.3. The highest BCUT2D eigenvalue weighted by Crippen LogP contribution is 2.60. The predicted molar refractivity (Wildman–Crippen MR) is 109 cm³/mol. The van der Waals surface area contributed by atoms with Crippen molar-refractivity contribution in [1.82, 2.24) is 10.6 Å². The molecule has 2 aromatic rings. The van der Waals surface area contributed by atoms with Crippen molar-refractivity contribution in [2.24, 2.45) is 23.2 Å². The minimum absolute atomic E-state index is 0.111. The van der Waals surface area contributed by atoms with Crippen molar-refractivity contribution in [1.29, 1.82) is 0 Å². The summed E-state index contributed by atoms with van der Waals surface area (Å²) in [6, 6.07) is 11.1. The van der Waals surface area contributed by atoms with Gasteiger partial charge in [0.15, 0.2) is 0 Å². The smallest absolute Gasteiger partial charge is 0.251 e. The van der Waals surface area contributed by atoms with Crippen molar-refractivity contribution in [2.45, 2.75) is 51.6 Å². The average molecular weight is 392 g/mol. The van der Waals surface area contributed by atoms with Crippen molar-refractivity contribution in [2.75, 3.05) is 0 Å². The Morgan fingerprint density at radius 2 is 1.55 bits per heavy atom. The van der Waals surface area contributed by atoms with Crippen LogP contribution in [0.15, 0.2) is 47.1 Å². The molecule has 4 bridgehead atoms. The normalized spacial score (nSPS) is 29.6. The van der Waals surface area contributed by atoms with Crippen LogP contribution in [0.25, 0.3) is 0 Å². The summed E-state index contributed by atoms with van der Waals surface area (Å²) >= 11 is 0. The summed E-state index contributed by atoms with van der Waals surface area (Å²) in [6.45, 7) is 0.892. The first-order valence-electron chi connectivity index (χ1n) is 10.8. The maximum atomic E-state index is 13.1. The van der Waals surface area contributed by atoms with Crippen LogP contribution in [0.1, 0.15) is 60.2 Å². The van der Waals surface area contributed by atoms with E-state index in [1.165, 1.54) is 19.3 Å². The summed E-state index contributed by atoms with van der Waals surface area (Å²) in [4.78, 5) is 25.3. The van der Waals surface area contributed by atoms with E-state index in [1.54, 1.807) is 12.3 Å². The lowest BCUT2D eigenvalue weighted by Gasteiger charge is -2.55. The molecule has 0 spiro atoms. The van der Waals surface area contributed by atoms with E-state index in [1.807, 2.05) is 30.3 Å². The second kappa shape index (κ2) is 7.36. The molecular weight excluding hydrogens is 364 g/mol. The fourth-order valence-electron chi connectivity index (χ4n) is 6.22. The van der Waals surface area contributed by atoms with Gasteiger partial charge in [0.05, 0.1) is 12.8 Å². The van der Waals surface area contributed by atoms with E-state index in [2.05, 4.69) is 10.6 Å². The van der Waals surface area contributed by atoms with E-state index in [-0.39, 0.29) is 17.2 Å². The Balaban J connectivity index is 1.15. The van der Waals surface area contributed by atoms with Crippen LogP contribution >= 0.6 is 0 Å². The zero-order valence-corrected chi connectivity index (χ0v) is 16.7. The van der Waals surface area contributed by atoms with Crippen LogP contribution in [0, 0.1) is 23.2 Å². The minimum Gasteiger partial charge on any atom is -0.467 e. The van der Waals surface area contributed by atoms with Crippen LogP contribution in [0.4, 0.5) is 0 Å². The SMILES string of the molecule is O=C(NCc1ccco1)c1ccc(CNC(=O)C23CC4CC(CC(C4)C2)C3)cc1. The second-order valence-corrected chi connectivity index (χ2v) is 9.34. The van der Waals surface area contributed by atoms with Crippen molar-refractivity contribution in [3.63, 3.8) is 0 Å². The first-order chi connectivity index (χ1) is 14.1. The monoisotopic (exact) mass is 392 g/mol. The number of carbonyl (C=O) groups excluding carboxylic acids is 2. The molecule has 4 fully saturated rings. The number of benzene rings is 1. The van der Waals surface area contributed by atoms with Crippen LogP contribution < -0.4 is 10.6 Å². The van der Waals surface area contributed by atoms with Crippen LogP contribution in [0.5, 0.6) is 0 Å². The molecule has 0 unspecified atom stereocenters. The van der Waals surface area contributed by atoms with Gasteiger partial charge in [0.25, 0.3) is 5.91 Å². The molecule has 1 aromatic carbocycles. The lowest BCUT2D eigenvalue weighted by molar-refractivity contribution is -0.146. The Morgan fingerprint density at radius 1 is 0.897 bits per heavy atom. The van der Waals surface area contributed by atoms with Gasteiger partial charge >= 0.3 is 0 Å². The third kappa shape index (κ3) is 3.70. The summed E-state index contributed by atoms with van der Waals surface area (Å²) in [5, 5.41) is 6.04. The lowest BCUT2D eigenvalue weighted by atomic mass is 9.49. The molecule has 4 aliphatic carbocycles. The van der Waals surface area contributed by atoms with Crippen molar-refractivity contribution < 1.29 is 14.0 Å². The molecular formula is C24H28N2O3. The third-order valence-corrected chi connectivity index (χ3v) is 7.19. The molecule has 4 saturated carbocycles. The van der Waals surface area contributed by atoms with Gasteiger partial charge in [0.1, 0.15) is 5.76 Å². The molecule has 4 aliphatic rings. The molecule has 0 radical (unpaired) electrons. The van der Waals surface area contributed by atoms with Gasteiger partial charge in [-0.25, -0.2) is 0 Å². The van der Waals surface area contributed by atoms with Gasteiger partial charge < -0.3 is 15.1 Å². The first-order valence-corrected chi connectivity index (χ1v) is 10.8. The molecule has 0 aliphatic heterocycles. The maximum Gasteiger partial charge on any atom is 0.251 e. The van der Waals surface area contributed by atoms with Crippen molar-refractivity contribution in [3.05, 3.63) is 59.5 Å². The maximum absolute atomic E-state index is 13.1. The van der Waals surface area contributed by atoms with Gasteiger partial charge in [-0.1, -0.05) is 12.1 Å². The van der Waals surface area contributed by atoms with Gasteiger partial charge in [0, 0.05) is 17.5 Å². The minimum atomic E-state index is -0.134. The molecule has 29 heavy (non-hydrogen) atoms. The number of amides is 2. The quantitative estimate of drug-likeness (QED) is 0.779. The zero-order chi connectivity index (χ0) is 19.8. The Bertz CT molecular complexity index is 850. The summed E-state index contributed by atoms with van der Waals surface area (Å²) in [6.07, 6.45) is 8.87. The van der Waals surface area contributed by atoms with Gasteiger partial charge in [-0.05, 0) is 86.1 Å². The molecule has 0 atom stereocenters. The Hall–Kier alpha value is -2.56. The largest absolute Gasteiger partial charge is 0.467 e. The van der Waals surface area contributed by atoms with Gasteiger partial charge in [-0.2, -0.15) is 0 Å². The van der Waals surface area contributed by atoms with E-state index >= 15 is 0 Å².